The number of methoxy groups -OCH3 is 1. The van der Waals surface area contributed by atoms with Gasteiger partial charge in [-0.25, -0.2) is 17.8 Å². The van der Waals surface area contributed by atoms with E-state index in [1.165, 1.54) is 0 Å². The SMILES string of the molecule is CCc1nonc1S(=O)(=O)NC(C)CC(C)(C)OC. The van der Waals surface area contributed by atoms with Crippen LogP contribution in [0.5, 0.6) is 0 Å². The molecule has 0 saturated carbocycles. The zero-order valence-corrected chi connectivity index (χ0v) is 12.7. The minimum absolute atomic E-state index is 0.142. The predicted molar refractivity (Wildman–Crippen MR) is 69.2 cm³/mol. The van der Waals surface area contributed by atoms with E-state index in [2.05, 4.69) is 19.7 Å². The molecule has 0 fully saturated rings. The van der Waals surface area contributed by atoms with Crippen LogP contribution in [0.25, 0.3) is 0 Å². The van der Waals surface area contributed by atoms with Crippen molar-refractivity contribution < 1.29 is 17.8 Å². The number of hydrogen-bond acceptors (Lipinski definition) is 6. The Morgan fingerprint density at radius 3 is 2.58 bits per heavy atom. The van der Waals surface area contributed by atoms with Crippen LogP contribution < -0.4 is 4.72 Å². The first-order chi connectivity index (χ1) is 8.72. The first kappa shape index (κ1) is 16.1. The van der Waals surface area contributed by atoms with Crippen molar-refractivity contribution in [3.8, 4) is 0 Å². The molecule has 19 heavy (non-hydrogen) atoms. The average Bonchev–Trinajstić information content (AvgIpc) is 2.76. The topological polar surface area (TPSA) is 94.3 Å². The van der Waals surface area contributed by atoms with Gasteiger partial charge in [0.25, 0.3) is 10.0 Å². The highest BCUT2D eigenvalue weighted by Crippen LogP contribution is 2.18. The van der Waals surface area contributed by atoms with Crippen molar-refractivity contribution in [1.82, 2.24) is 15.0 Å². The molecule has 1 aromatic rings. The van der Waals surface area contributed by atoms with E-state index in [9.17, 15) is 8.42 Å². The van der Waals surface area contributed by atoms with Crippen LogP contribution in [0.15, 0.2) is 9.65 Å². The van der Waals surface area contributed by atoms with Crippen LogP contribution in [0.1, 0.15) is 39.8 Å². The average molecular weight is 291 g/mol. The summed E-state index contributed by atoms with van der Waals surface area (Å²) >= 11 is 0. The van der Waals surface area contributed by atoms with Gasteiger partial charge in [0, 0.05) is 13.2 Å². The molecule has 0 aliphatic heterocycles. The Morgan fingerprint density at radius 1 is 1.42 bits per heavy atom. The Morgan fingerprint density at radius 2 is 2.05 bits per heavy atom. The third-order valence-corrected chi connectivity index (χ3v) is 4.35. The quantitative estimate of drug-likeness (QED) is 0.808. The molecule has 1 aromatic heterocycles. The maximum Gasteiger partial charge on any atom is 0.263 e. The second-order valence-corrected chi connectivity index (χ2v) is 6.69. The van der Waals surface area contributed by atoms with Crippen molar-refractivity contribution in [1.29, 1.82) is 0 Å². The summed E-state index contributed by atoms with van der Waals surface area (Å²) in [6.07, 6.45) is 0.979. The molecule has 0 aliphatic carbocycles. The number of aryl methyl sites for hydroxylation is 1. The lowest BCUT2D eigenvalue weighted by molar-refractivity contribution is 0.0103. The van der Waals surface area contributed by atoms with Gasteiger partial charge in [-0.3, -0.25) is 0 Å². The molecule has 0 aliphatic rings. The molecule has 1 unspecified atom stereocenters. The molecule has 0 aromatic carbocycles. The zero-order valence-electron chi connectivity index (χ0n) is 11.9. The highest BCUT2D eigenvalue weighted by atomic mass is 32.2. The predicted octanol–water partition coefficient (Wildman–Crippen LogP) is 1.11. The largest absolute Gasteiger partial charge is 0.379 e. The van der Waals surface area contributed by atoms with Crippen LogP contribution in [-0.2, 0) is 21.2 Å². The van der Waals surface area contributed by atoms with Crippen molar-refractivity contribution in [3.63, 3.8) is 0 Å². The molecule has 1 heterocycles. The number of aromatic nitrogens is 2. The normalized spacial score (nSPS) is 14.6. The molecular weight excluding hydrogens is 270 g/mol. The minimum Gasteiger partial charge on any atom is -0.379 e. The number of ether oxygens (including phenoxy) is 1. The number of rotatable bonds is 7. The number of nitrogens with one attached hydrogen (secondary N) is 1. The molecule has 0 spiro atoms. The van der Waals surface area contributed by atoms with Gasteiger partial charge in [0.2, 0.25) is 5.03 Å². The lowest BCUT2D eigenvalue weighted by Crippen LogP contribution is -2.39. The van der Waals surface area contributed by atoms with Gasteiger partial charge in [-0.1, -0.05) is 12.1 Å². The van der Waals surface area contributed by atoms with E-state index >= 15 is 0 Å². The van der Waals surface area contributed by atoms with E-state index < -0.39 is 15.6 Å². The fourth-order valence-electron chi connectivity index (χ4n) is 1.80. The monoisotopic (exact) mass is 291 g/mol. The number of nitrogens with zero attached hydrogens (tertiary/aromatic N) is 2. The Hall–Kier alpha value is -0.990. The van der Waals surface area contributed by atoms with E-state index in [1.54, 1.807) is 21.0 Å². The molecule has 0 bridgehead atoms. The van der Waals surface area contributed by atoms with Crippen LogP contribution >= 0.6 is 0 Å². The van der Waals surface area contributed by atoms with Gasteiger partial charge in [0.05, 0.1) is 5.60 Å². The molecule has 0 amide bonds. The van der Waals surface area contributed by atoms with Gasteiger partial charge in [-0.15, -0.1) is 0 Å². The summed E-state index contributed by atoms with van der Waals surface area (Å²) in [4.78, 5) is 0. The van der Waals surface area contributed by atoms with Crippen LogP contribution in [0, 0.1) is 0 Å². The smallest absolute Gasteiger partial charge is 0.263 e. The van der Waals surface area contributed by atoms with Crippen LogP contribution in [0.4, 0.5) is 0 Å². The van der Waals surface area contributed by atoms with Crippen LogP contribution in [0.3, 0.4) is 0 Å². The second-order valence-electron chi connectivity index (χ2n) is 5.06. The Balaban J connectivity index is 2.81. The van der Waals surface area contributed by atoms with E-state index in [4.69, 9.17) is 4.74 Å². The highest BCUT2D eigenvalue weighted by molar-refractivity contribution is 7.89. The van der Waals surface area contributed by atoms with Crippen molar-refractivity contribution in [2.24, 2.45) is 0 Å². The van der Waals surface area contributed by atoms with Gasteiger partial charge < -0.3 is 4.74 Å². The van der Waals surface area contributed by atoms with E-state index in [0.717, 1.165) is 0 Å². The molecule has 0 saturated heterocycles. The summed E-state index contributed by atoms with van der Waals surface area (Å²) in [6.45, 7) is 7.35. The Bertz CT molecular complexity index is 510. The van der Waals surface area contributed by atoms with Crippen molar-refractivity contribution in [3.05, 3.63) is 5.69 Å². The van der Waals surface area contributed by atoms with E-state index in [0.29, 0.717) is 18.5 Å². The van der Waals surface area contributed by atoms with Crippen molar-refractivity contribution in [2.45, 2.75) is 57.2 Å². The molecular formula is C11H21N3O4S. The second kappa shape index (κ2) is 5.98. The lowest BCUT2D eigenvalue weighted by atomic mass is 10.0. The van der Waals surface area contributed by atoms with Gasteiger partial charge >= 0.3 is 0 Å². The summed E-state index contributed by atoms with van der Waals surface area (Å²) in [6, 6.07) is -0.290. The minimum atomic E-state index is -3.71. The molecule has 0 radical (unpaired) electrons. The fraction of sp³-hybridized carbons (Fsp3) is 0.818. The fourth-order valence-corrected chi connectivity index (χ4v) is 3.15. The third-order valence-electron chi connectivity index (χ3n) is 2.82. The maximum atomic E-state index is 12.1. The number of sulfonamides is 1. The summed E-state index contributed by atoms with van der Waals surface area (Å²) in [5, 5.41) is 6.89. The molecule has 1 rings (SSSR count). The number of hydrogen-bond donors (Lipinski definition) is 1. The molecule has 1 atom stereocenters. The van der Waals surface area contributed by atoms with Crippen molar-refractivity contribution in [2.75, 3.05) is 7.11 Å². The first-order valence-electron chi connectivity index (χ1n) is 6.10. The van der Waals surface area contributed by atoms with E-state index in [1.807, 2.05) is 13.8 Å². The van der Waals surface area contributed by atoms with Gasteiger partial charge in [0.1, 0.15) is 5.69 Å². The molecule has 7 nitrogen and oxygen atoms in total. The zero-order chi connectivity index (χ0) is 14.7. The lowest BCUT2D eigenvalue weighted by Gasteiger charge is -2.26. The maximum absolute atomic E-state index is 12.1. The third kappa shape index (κ3) is 4.26. The van der Waals surface area contributed by atoms with Crippen molar-refractivity contribution >= 4 is 10.0 Å². The molecule has 8 heteroatoms. The summed E-state index contributed by atoms with van der Waals surface area (Å²) in [5.41, 5.74) is -0.0804. The van der Waals surface area contributed by atoms with Crippen LogP contribution in [0.2, 0.25) is 0 Å². The van der Waals surface area contributed by atoms with Gasteiger partial charge in [-0.05, 0) is 38.8 Å². The molecule has 1 N–H and O–H groups in total. The first-order valence-corrected chi connectivity index (χ1v) is 7.59. The summed E-state index contributed by atoms with van der Waals surface area (Å²) in [7, 11) is -2.12. The van der Waals surface area contributed by atoms with E-state index in [-0.39, 0.29) is 11.1 Å². The summed E-state index contributed by atoms with van der Waals surface area (Å²) < 4.78 is 36.6. The Kier molecular flexibility index (Phi) is 5.05. The van der Waals surface area contributed by atoms with Gasteiger partial charge in [-0.2, -0.15) is 0 Å². The Labute approximate surface area is 113 Å². The van der Waals surface area contributed by atoms with Gasteiger partial charge in [0.15, 0.2) is 0 Å². The standard InChI is InChI=1S/C11H21N3O4S/c1-6-9-10(13-18-12-9)19(15,16)14-8(2)7-11(3,4)17-5/h8,14H,6-7H2,1-5H3. The summed E-state index contributed by atoms with van der Waals surface area (Å²) in [5.74, 6) is 0. The molecule has 110 valence electrons. The highest BCUT2D eigenvalue weighted by Gasteiger charge is 2.28. The van der Waals surface area contributed by atoms with Crippen LogP contribution in [-0.4, -0.2) is 37.5 Å².